The van der Waals surface area contributed by atoms with E-state index in [9.17, 15) is 8.42 Å². The summed E-state index contributed by atoms with van der Waals surface area (Å²) in [7, 11) is -3.76. The molecular weight excluding hydrogens is 509 g/mol. The third-order valence-electron chi connectivity index (χ3n) is 4.46. The number of sulfonamides is 1. The van der Waals surface area contributed by atoms with Gasteiger partial charge in [-0.25, -0.2) is 8.42 Å². The predicted octanol–water partition coefficient (Wildman–Crippen LogP) is 5.74. The highest BCUT2D eigenvalue weighted by Crippen LogP contribution is 2.34. The van der Waals surface area contributed by atoms with E-state index in [1.54, 1.807) is 30.3 Å². The first-order chi connectivity index (χ1) is 13.0. The van der Waals surface area contributed by atoms with Gasteiger partial charge in [0.05, 0.1) is 20.0 Å². The van der Waals surface area contributed by atoms with Gasteiger partial charge in [0.25, 0.3) is 10.0 Å². The smallest absolute Gasteiger partial charge is 0.261 e. The number of aromatic nitrogens is 2. The molecule has 0 aliphatic carbocycles. The van der Waals surface area contributed by atoms with Crippen LogP contribution in [0.15, 0.2) is 47.4 Å². The first-order valence-corrected chi connectivity index (χ1v) is 11.6. The molecule has 5 nitrogen and oxygen atoms in total. The highest BCUT2D eigenvalue weighted by Gasteiger charge is 2.21. The molecule has 0 unspecified atom stereocenters. The Morgan fingerprint density at radius 3 is 2.29 bits per heavy atom. The number of nitrogens with one attached hydrogen (secondary N) is 2. The van der Waals surface area contributed by atoms with Gasteiger partial charge in [0.2, 0.25) is 0 Å². The summed E-state index contributed by atoms with van der Waals surface area (Å²) in [6.45, 7) is 8.18. The highest BCUT2D eigenvalue weighted by molar-refractivity contribution is 14.1. The standard InChI is InChI=1S/C20H21ClIN3O2S/c1-12-18(23-24-19(12)22)16-11-14(21)7-10-17(16)25-28(26,27)15-8-5-13(6-9-15)20(2,3)4/h5-11,25H,1-4H3,(H,23,24). The molecule has 2 N–H and O–H groups in total. The molecule has 0 fully saturated rings. The molecule has 0 aliphatic heterocycles. The van der Waals surface area contributed by atoms with Gasteiger partial charge < -0.3 is 0 Å². The molecule has 0 saturated heterocycles. The molecule has 3 rings (SSSR count). The summed E-state index contributed by atoms with van der Waals surface area (Å²) < 4.78 is 29.5. The molecule has 3 aromatic rings. The van der Waals surface area contributed by atoms with Gasteiger partial charge in [-0.05, 0) is 70.8 Å². The van der Waals surface area contributed by atoms with Crippen molar-refractivity contribution in [3.05, 3.63) is 62.3 Å². The van der Waals surface area contributed by atoms with Crippen LogP contribution >= 0.6 is 34.2 Å². The van der Waals surface area contributed by atoms with Crippen LogP contribution in [0.2, 0.25) is 5.02 Å². The number of anilines is 1. The molecule has 0 atom stereocenters. The molecule has 1 aromatic heterocycles. The fraction of sp³-hybridized carbons (Fsp3) is 0.250. The summed E-state index contributed by atoms with van der Waals surface area (Å²) in [5.41, 5.74) is 3.66. The highest BCUT2D eigenvalue weighted by atomic mass is 127. The Hall–Kier alpha value is -1.58. The summed E-state index contributed by atoms with van der Waals surface area (Å²) in [6, 6.07) is 12.0. The fourth-order valence-corrected chi connectivity index (χ4v) is 4.41. The Balaban J connectivity index is 2.00. The molecule has 0 spiro atoms. The maximum absolute atomic E-state index is 12.9. The Morgan fingerprint density at radius 1 is 1.11 bits per heavy atom. The minimum absolute atomic E-state index is 0.0479. The van der Waals surface area contributed by atoms with Crippen LogP contribution in [0.3, 0.4) is 0 Å². The number of nitrogens with zero attached hydrogens (tertiary/aromatic N) is 1. The van der Waals surface area contributed by atoms with E-state index in [1.807, 2.05) is 19.1 Å². The van der Waals surface area contributed by atoms with Crippen LogP contribution in [0.5, 0.6) is 0 Å². The van der Waals surface area contributed by atoms with Crippen LogP contribution in [0, 0.1) is 10.6 Å². The van der Waals surface area contributed by atoms with Crippen molar-refractivity contribution in [3.63, 3.8) is 0 Å². The van der Waals surface area contributed by atoms with Crippen LogP contribution in [-0.2, 0) is 15.4 Å². The first kappa shape index (κ1) is 21.1. The van der Waals surface area contributed by atoms with Gasteiger partial charge >= 0.3 is 0 Å². The first-order valence-electron chi connectivity index (χ1n) is 8.63. The molecule has 0 radical (unpaired) electrons. The van der Waals surface area contributed by atoms with E-state index < -0.39 is 10.0 Å². The zero-order chi connectivity index (χ0) is 20.7. The number of halogens is 2. The molecule has 0 amide bonds. The Morgan fingerprint density at radius 2 is 1.75 bits per heavy atom. The zero-order valence-electron chi connectivity index (χ0n) is 16.0. The fourth-order valence-electron chi connectivity index (χ4n) is 2.78. The van der Waals surface area contributed by atoms with E-state index in [0.29, 0.717) is 22.0 Å². The van der Waals surface area contributed by atoms with Crippen molar-refractivity contribution in [2.75, 3.05) is 4.72 Å². The van der Waals surface area contributed by atoms with Crippen LogP contribution in [0.1, 0.15) is 31.9 Å². The third kappa shape index (κ3) is 4.36. The maximum Gasteiger partial charge on any atom is 0.261 e. The molecule has 0 aliphatic rings. The minimum Gasteiger partial charge on any atom is -0.279 e. The second-order valence-corrected chi connectivity index (χ2v) is 10.8. The number of benzene rings is 2. The lowest BCUT2D eigenvalue weighted by atomic mass is 9.87. The molecule has 148 valence electrons. The molecule has 0 bridgehead atoms. The van der Waals surface area contributed by atoms with E-state index in [-0.39, 0.29) is 10.3 Å². The van der Waals surface area contributed by atoms with Gasteiger partial charge in [-0.1, -0.05) is 44.5 Å². The van der Waals surface area contributed by atoms with Crippen LogP contribution in [-0.4, -0.2) is 18.6 Å². The summed E-state index contributed by atoms with van der Waals surface area (Å²) in [5, 5.41) is 7.72. The molecule has 1 heterocycles. The summed E-state index contributed by atoms with van der Waals surface area (Å²) in [4.78, 5) is 0.203. The topological polar surface area (TPSA) is 74.8 Å². The number of rotatable bonds is 4. The normalized spacial score (nSPS) is 12.2. The van der Waals surface area contributed by atoms with Gasteiger partial charge in [0, 0.05) is 16.1 Å². The zero-order valence-corrected chi connectivity index (χ0v) is 19.7. The number of hydrogen-bond acceptors (Lipinski definition) is 3. The van der Waals surface area contributed by atoms with Crippen LogP contribution < -0.4 is 4.72 Å². The molecule has 8 heteroatoms. The second-order valence-electron chi connectivity index (χ2n) is 7.58. The van der Waals surface area contributed by atoms with Crippen molar-refractivity contribution in [1.29, 1.82) is 0 Å². The Bertz CT molecular complexity index is 1120. The monoisotopic (exact) mass is 529 g/mol. The van der Waals surface area contributed by atoms with Gasteiger partial charge in [-0.2, -0.15) is 5.10 Å². The number of H-pyrrole nitrogens is 1. The van der Waals surface area contributed by atoms with E-state index in [1.165, 1.54) is 0 Å². The second kappa shape index (κ2) is 7.68. The van der Waals surface area contributed by atoms with Crippen LogP contribution in [0.25, 0.3) is 11.3 Å². The summed E-state index contributed by atoms with van der Waals surface area (Å²) >= 11 is 8.31. The number of aromatic amines is 1. The van der Waals surface area contributed by atoms with Crippen molar-refractivity contribution >= 4 is 49.9 Å². The van der Waals surface area contributed by atoms with Gasteiger partial charge in [-0.15, -0.1) is 0 Å². The van der Waals surface area contributed by atoms with Crippen molar-refractivity contribution < 1.29 is 8.42 Å². The quantitative estimate of drug-likeness (QED) is 0.423. The van der Waals surface area contributed by atoms with Crippen molar-refractivity contribution in [2.24, 2.45) is 0 Å². The van der Waals surface area contributed by atoms with Crippen molar-refractivity contribution in [3.8, 4) is 11.3 Å². The average molecular weight is 530 g/mol. The third-order valence-corrected chi connectivity index (χ3v) is 7.13. The minimum atomic E-state index is -3.76. The largest absolute Gasteiger partial charge is 0.279 e. The lowest BCUT2D eigenvalue weighted by molar-refractivity contribution is 0.587. The van der Waals surface area contributed by atoms with E-state index in [2.05, 4.69) is 58.3 Å². The molecule has 28 heavy (non-hydrogen) atoms. The lowest BCUT2D eigenvalue weighted by Crippen LogP contribution is -2.15. The predicted molar refractivity (Wildman–Crippen MR) is 122 cm³/mol. The van der Waals surface area contributed by atoms with Crippen molar-refractivity contribution in [2.45, 2.75) is 38.0 Å². The Kier molecular flexibility index (Phi) is 5.80. The Labute approximate surface area is 184 Å². The lowest BCUT2D eigenvalue weighted by Gasteiger charge is -2.19. The maximum atomic E-state index is 12.9. The van der Waals surface area contributed by atoms with Gasteiger partial charge in [0.15, 0.2) is 0 Å². The molecule has 2 aromatic carbocycles. The van der Waals surface area contributed by atoms with Crippen molar-refractivity contribution in [1.82, 2.24) is 10.2 Å². The summed E-state index contributed by atoms with van der Waals surface area (Å²) in [5.74, 6) is 0. The van der Waals surface area contributed by atoms with Crippen LogP contribution in [0.4, 0.5) is 5.69 Å². The van der Waals surface area contributed by atoms with Gasteiger partial charge in [0.1, 0.15) is 0 Å². The summed E-state index contributed by atoms with van der Waals surface area (Å²) in [6.07, 6.45) is 0. The van der Waals surface area contributed by atoms with E-state index in [0.717, 1.165) is 14.8 Å². The van der Waals surface area contributed by atoms with E-state index >= 15 is 0 Å². The molecular formula is C20H21ClIN3O2S. The number of hydrogen-bond donors (Lipinski definition) is 2. The average Bonchev–Trinajstić information content (AvgIpc) is 2.95. The SMILES string of the molecule is Cc1c(-c2cc(Cl)ccc2NS(=O)(=O)c2ccc(C(C)(C)C)cc2)n[nH]c1I. The van der Waals surface area contributed by atoms with Gasteiger partial charge in [-0.3, -0.25) is 9.82 Å². The molecule has 0 saturated carbocycles. The van der Waals surface area contributed by atoms with E-state index in [4.69, 9.17) is 11.6 Å².